The van der Waals surface area contributed by atoms with E-state index < -0.39 is 0 Å². The molecule has 0 spiro atoms. The Morgan fingerprint density at radius 2 is 2.21 bits per heavy atom. The summed E-state index contributed by atoms with van der Waals surface area (Å²) in [6, 6.07) is 6.34. The predicted octanol–water partition coefficient (Wildman–Crippen LogP) is 1.13. The molecule has 4 nitrogen and oxygen atoms in total. The van der Waals surface area contributed by atoms with Crippen LogP contribution >= 0.6 is 0 Å². The first kappa shape index (κ1) is 12.6. The third-order valence-electron chi connectivity index (χ3n) is 4.00. The smallest absolute Gasteiger partial charge is 0.257 e. The quantitative estimate of drug-likeness (QED) is 0.866. The van der Waals surface area contributed by atoms with Crippen molar-refractivity contribution in [1.82, 2.24) is 5.32 Å². The van der Waals surface area contributed by atoms with Gasteiger partial charge in [-0.25, -0.2) is 0 Å². The molecule has 1 saturated heterocycles. The first-order valence-corrected chi connectivity index (χ1v) is 6.97. The standard InChI is InChI=1S/C15H20N2O2/c1-17(15(18)14-10-16-7-8-19-14)13-6-5-11-3-2-4-12(11)9-13/h5-6,9,14,16H,2-4,7-8,10H2,1H3. The molecule has 1 fully saturated rings. The van der Waals surface area contributed by atoms with Gasteiger partial charge in [-0.15, -0.1) is 0 Å². The second kappa shape index (κ2) is 5.31. The number of aryl methyl sites for hydroxylation is 2. The summed E-state index contributed by atoms with van der Waals surface area (Å²) in [7, 11) is 1.83. The molecule has 1 atom stereocenters. The minimum absolute atomic E-state index is 0.0325. The van der Waals surface area contributed by atoms with E-state index in [2.05, 4.69) is 17.4 Å². The van der Waals surface area contributed by atoms with E-state index in [0.717, 1.165) is 18.7 Å². The number of nitrogens with one attached hydrogen (secondary N) is 1. The number of carbonyl (C=O) groups is 1. The van der Waals surface area contributed by atoms with Gasteiger partial charge >= 0.3 is 0 Å². The molecule has 0 saturated carbocycles. The van der Waals surface area contributed by atoms with Crippen molar-refractivity contribution in [2.45, 2.75) is 25.4 Å². The van der Waals surface area contributed by atoms with Crippen molar-refractivity contribution in [2.24, 2.45) is 0 Å². The molecule has 102 valence electrons. The monoisotopic (exact) mass is 260 g/mol. The van der Waals surface area contributed by atoms with E-state index in [0.29, 0.717) is 13.2 Å². The summed E-state index contributed by atoms with van der Waals surface area (Å²) in [6.45, 7) is 2.04. The van der Waals surface area contributed by atoms with E-state index in [-0.39, 0.29) is 12.0 Å². The van der Waals surface area contributed by atoms with Crippen molar-refractivity contribution in [1.29, 1.82) is 0 Å². The van der Waals surface area contributed by atoms with Crippen molar-refractivity contribution in [3.05, 3.63) is 29.3 Å². The molecule has 1 aliphatic heterocycles. The van der Waals surface area contributed by atoms with Crippen molar-refractivity contribution < 1.29 is 9.53 Å². The van der Waals surface area contributed by atoms with Crippen LogP contribution in [0.1, 0.15) is 17.5 Å². The number of nitrogens with zero attached hydrogens (tertiary/aromatic N) is 1. The number of hydrogen-bond donors (Lipinski definition) is 1. The van der Waals surface area contributed by atoms with Gasteiger partial charge in [-0.2, -0.15) is 0 Å². The van der Waals surface area contributed by atoms with Crippen LogP contribution in [0.2, 0.25) is 0 Å². The fourth-order valence-electron chi connectivity index (χ4n) is 2.83. The first-order chi connectivity index (χ1) is 9.25. The Bertz CT molecular complexity index is 481. The lowest BCUT2D eigenvalue weighted by molar-refractivity contribution is -0.131. The van der Waals surface area contributed by atoms with Crippen molar-refractivity contribution in [3.63, 3.8) is 0 Å². The average molecular weight is 260 g/mol. The normalized spacial score (nSPS) is 22.1. The molecule has 3 rings (SSSR count). The van der Waals surface area contributed by atoms with Crippen molar-refractivity contribution in [3.8, 4) is 0 Å². The SMILES string of the molecule is CN(C(=O)C1CNCCO1)c1ccc2c(c1)CCC2. The van der Waals surface area contributed by atoms with Gasteiger partial charge in [-0.3, -0.25) is 4.79 Å². The largest absolute Gasteiger partial charge is 0.366 e. The molecule has 1 N–H and O–H groups in total. The zero-order chi connectivity index (χ0) is 13.2. The van der Waals surface area contributed by atoms with E-state index in [1.807, 2.05) is 13.1 Å². The Morgan fingerprint density at radius 1 is 1.37 bits per heavy atom. The van der Waals surface area contributed by atoms with E-state index >= 15 is 0 Å². The highest BCUT2D eigenvalue weighted by Gasteiger charge is 2.26. The molecule has 1 unspecified atom stereocenters. The van der Waals surface area contributed by atoms with Gasteiger partial charge in [0.25, 0.3) is 5.91 Å². The maximum atomic E-state index is 12.4. The van der Waals surface area contributed by atoms with Gasteiger partial charge in [0.15, 0.2) is 0 Å². The van der Waals surface area contributed by atoms with Crippen LogP contribution < -0.4 is 10.2 Å². The van der Waals surface area contributed by atoms with Gasteiger partial charge in [0, 0.05) is 25.8 Å². The average Bonchev–Trinajstić information content (AvgIpc) is 2.94. The Labute approximate surface area is 113 Å². The third-order valence-corrected chi connectivity index (χ3v) is 4.00. The van der Waals surface area contributed by atoms with Crippen molar-refractivity contribution >= 4 is 11.6 Å². The molecule has 0 bridgehead atoms. The summed E-state index contributed by atoms with van der Waals surface area (Å²) in [4.78, 5) is 14.1. The van der Waals surface area contributed by atoms with Crippen molar-refractivity contribution in [2.75, 3.05) is 31.6 Å². The number of amides is 1. The lowest BCUT2D eigenvalue weighted by atomic mass is 10.1. The highest BCUT2D eigenvalue weighted by molar-refractivity contribution is 5.96. The zero-order valence-corrected chi connectivity index (χ0v) is 11.3. The van der Waals surface area contributed by atoms with E-state index in [1.165, 1.54) is 24.0 Å². The van der Waals surface area contributed by atoms with Gasteiger partial charge in [0.05, 0.1) is 6.61 Å². The number of benzene rings is 1. The number of carbonyl (C=O) groups excluding carboxylic acids is 1. The summed E-state index contributed by atoms with van der Waals surface area (Å²) in [5, 5.41) is 3.19. The van der Waals surface area contributed by atoms with Crippen LogP contribution in [0.5, 0.6) is 0 Å². The molecule has 1 amide bonds. The van der Waals surface area contributed by atoms with Crippen LogP contribution in [0.15, 0.2) is 18.2 Å². The number of likely N-dealkylation sites (N-methyl/N-ethyl adjacent to an activating group) is 1. The molecule has 4 heteroatoms. The molecule has 19 heavy (non-hydrogen) atoms. The second-order valence-corrected chi connectivity index (χ2v) is 5.27. The second-order valence-electron chi connectivity index (χ2n) is 5.27. The topological polar surface area (TPSA) is 41.6 Å². The molecular weight excluding hydrogens is 240 g/mol. The molecule has 1 aliphatic carbocycles. The molecule has 1 heterocycles. The Morgan fingerprint density at radius 3 is 3.00 bits per heavy atom. The molecule has 1 aromatic rings. The van der Waals surface area contributed by atoms with Crippen LogP contribution in [0.3, 0.4) is 0 Å². The summed E-state index contributed by atoms with van der Waals surface area (Å²) in [5.41, 5.74) is 3.79. The number of hydrogen-bond acceptors (Lipinski definition) is 3. The molecule has 0 radical (unpaired) electrons. The Balaban J connectivity index is 1.75. The Kier molecular flexibility index (Phi) is 3.53. The van der Waals surface area contributed by atoms with Crippen LogP contribution in [0, 0.1) is 0 Å². The van der Waals surface area contributed by atoms with Gasteiger partial charge < -0.3 is 15.0 Å². The van der Waals surface area contributed by atoms with Crippen LogP contribution in [-0.2, 0) is 22.4 Å². The Hall–Kier alpha value is -1.39. The maximum absolute atomic E-state index is 12.4. The summed E-state index contributed by atoms with van der Waals surface area (Å²) in [5.74, 6) is 0.0325. The van der Waals surface area contributed by atoms with Gasteiger partial charge in [-0.1, -0.05) is 6.07 Å². The number of anilines is 1. The number of fused-ring (bicyclic) bond motifs is 1. The van der Waals surface area contributed by atoms with Gasteiger partial charge in [0.1, 0.15) is 6.10 Å². The molecule has 2 aliphatic rings. The maximum Gasteiger partial charge on any atom is 0.257 e. The fourth-order valence-corrected chi connectivity index (χ4v) is 2.83. The zero-order valence-electron chi connectivity index (χ0n) is 11.3. The minimum Gasteiger partial charge on any atom is -0.366 e. The number of ether oxygens (including phenoxy) is 1. The lowest BCUT2D eigenvalue weighted by Gasteiger charge is -2.27. The van der Waals surface area contributed by atoms with Crippen LogP contribution in [-0.4, -0.2) is 38.8 Å². The highest BCUT2D eigenvalue weighted by Crippen LogP contribution is 2.26. The molecule has 1 aromatic carbocycles. The van der Waals surface area contributed by atoms with Gasteiger partial charge in [-0.05, 0) is 42.5 Å². The predicted molar refractivity (Wildman–Crippen MR) is 74.5 cm³/mol. The fraction of sp³-hybridized carbons (Fsp3) is 0.533. The van der Waals surface area contributed by atoms with Crippen LogP contribution in [0.4, 0.5) is 5.69 Å². The van der Waals surface area contributed by atoms with E-state index in [9.17, 15) is 4.79 Å². The first-order valence-electron chi connectivity index (χ1n) is 6.97. The lowest BCUT2D eigenvalue weighted by Crippen LogP contribution is -2.48. The number of morpholine rings is 1. The van der Waals surface area contributed by atoms with E-state index in [4.69, 9.17) is 4.74 Å². The van der Waals surface area contributed by atoms with E-state index in [1.54, 1.807) is 4.90 Å². The summed E-state index contributed by atoms with van der Waals surface area (Å²) in [6.07, 6.45) is 3.17. The highest BCUT2D eigenvalue weighted by atomic mass is 16.5. The number of rotatable bonds is 2. The van der Waals surface area contributed by atoms with Gasteiger partial charge in [0.2, 0.25) is 0 Å². The molecular formula is C15H20N2O2. The summed E-state index contributed by atoms with van der Waals surface area (Å²) >= 11 is 0. The van der Waals surface area contributed by atoms with Crippen LogP contribution in [0.25, 0.3) is 0 Å². The third kappa shape index (κ3) is 2.51. The summed E-state index contributed by atoms with van der Waals surface area (Å²) < 4.78 is 5.52. The minimum atomic E-state index is -0.355. The molecule has 0 aromatic heterocycles.